The Bertz CT molecular complexity index is 419. The average Bonchev–Trinajstić information content (AvgIpc) is 2.39. The van der Waals surface area contributed by atoms with E-state index in [1.54, 1.807) is 14.2 Å². The second-order valence-corrected chi connectivity index (χ2v) is 5.26. The van der Waals surface area contributed by atoms with Crippen LogP contribution in [0.5, 0.6) is 11.5 Å². The van der Waals surface area contributed by atoms with Gasteiger partial charge in [-0.1, -0.05) is 0 Å². The Morgan fingerprint density at radius 2 is 1.84 bits per heavy atom. The molecule has 108 valence electrons. The molecule has 5 heteroatoms. The molecule has 1 aromatic rings. The first kappa shape index (κ1) is 15.8. The number of nitrogens with two attached hydrogens (primary N) is 1. The predicted octanol–water partition coefficient (Wildman–Crippen LogP) is 1.55. The van der Waals surface area contributed by atoms with E-state index < -0.39 is 0 Å². The molecule has 0 amide bonds. The largest absolute Gasteiger partial charge is 0.497 e. The molecule has 0 aliphatic heterocycles. The summed E-state index contributed by atoms with van der Waals surface area (Å²) < 4.78 is 10.7. The van der Waals surface area contributed by atoms with Crippen LogP contribution in [0, 0.1) is 0 Å². The minimum Gasteiger partial charge on any atom is -0.497 e. The Labute approximate surface area is 115 Å². The van der Waals surface area contributed by atoms with Gasteiger partial charge in [-0.15, -0.1) is 0 Å². The monoisotopic (exact) mass is 267 g/mol. The van der Waals surface area contributed by atoms with Crippen LogP contribution in [0.25, 0.3) is 0 Å². The van der Waals surface area contributed by atoms with Crippen molar-refractivity contribution in [2.75, 3.05) is 28.3 Å². The van der Waals surface area contributed by atoms with Crippen LogP contribution in [0.15, 0.2) is 18.2 Å². The standard InChI is InChI=1S/C14H25N3O2/c1-14(2,17(3)4)13(16-15)11-8-7-10(18-5)9-12(11)19-6/h7-9,13,16H,15H2,1-6H3. The summed E-state index contributed by atoms with van der Waals surface area (Å²) in [6.07, 6.45) is 0. The molecule has 0 spiro atoms. The molecule has 1 rings (SSSR count). The zero-order valence-electron chi connectivity index (χ0n) is 12.7. The molecule has 0 fully saturated rings. The van der Waals surface area contributed by atoms with Gasteiger partial charge in [-0.05, 0) is 40.1 Å². The first-order valence-electron chi connectivity index (χ1n) is 6.24. The first-order chi connectivity index (χ1) is 8.88. The molecule has 0 aromatic heterocycles. The molecule has 0 radical (unpaired) electrons. The number of benzene rings is 1. The van der Waals surface area contributed by atoms with Gasteiger partial charge in [-0.25, -0.2) is 0 Å². The summed E-state index contributed by atoms with van der Waals surface area (Å²) >= 11 is 0. The Hall–Kier alpha value is -1.30. The number of likely N-dealkylation sites (N-methyl/N-ethyl adjacent to an activating group) is 1. The fraction of sp³-hybridized carbons (Fsp3) is 0.571. The Balaban J connectivity index is 3.25. The number of rotatable bonds is 6. The van der Waals surface area contributed by atoms with Gasteiger partial charge >= 0.3 is 0 Å². The molecular formula is C14H25N3O2. The number of hydrogen-bond acceptors (Lipinski definition) is 5. The van der Waals surface area contributed by atoms with Gasteiger partial charge in [0.15, 0.2) is 0 Å². The number of methoxy groups -OCH3 is 2. The topological polar surface area (TPSA) is 59.8 Å². The van der Waals surface area contributed by atoms with Crippen LogP contribution in [0.4, 0.5) is 0 Å². The Morgan fingerprint density at radius 1 is 1.21 bits per heavy atom. The van der Waals surface area contributed by atoms with Crippen LogP contribution < -0.4 is 20.7 Å². The molecule has 0 bridgehead atoms. The third-order valence-electron chi connectivity index (χ3n) is 3.78. The lowest BCUT2D eigenvalue weighted by Gasteiger charge is -2.40. The second kappa shape index (κ2) is 6.23. The zero-order valence-corrected chi connectivity index (χ0v) is 12.7. The summed E-state index contributed by atoms with van der Waals surface area (Å²) in [6, 6.07) is 5.69. The van der Waals surface area contributed by atoms with Gasteiger partial charge in [0, 0.05) is 17.2 Å². The average molecular weight is 267 g/mol. The van der Waals surface area contributed by atoms with Crippen molar-refractivity contribution < 1.29 is 9.47 Å². The quantitative estimate of drug-likeness (QED) is 0.605. The van der Waals surface area contributed by atoms with Crippen LogP contribution in [0.2, 0.25) is 0 Å². The number of hydrogen-bond donors (Lipinski definition) is 2. The highest BCUT2D eigenvalue weighted by Gasteiger charge is 2.34. The minimum absolute atomic E-state index is 0.0663. The van der Waals surface area contributed by atoms with Gasteiger partial charge in [0.2, 0.25) is 0 Å². The summed E-state index contributed by atoms with van der Waals surface area (Å²) in [6.45, 7) is 4.25. The molecule has 0 saturated heterocycles. The van der Waals surface area contributed by atoms with E-state index in [9.17, 15) is 0 Å². The molecule has 5 nitrogen and oxygen atoms in total. The normalized spacial score (nSPS) is 13.5. The fourth-order valence-corrected chi connectivity index (χ4v) is 1.99. The van der Waals surface area contributed by atoms with E-state index in [1.807, 2.05) is 32.3 Å². The van der Waals surface area contributed by atoms with Crippen molar-refractivity contribution in [1.29, 1.82) is 0 Å². The zero-order chi connectivity index (χ0) is 14.6. The Kier molecular flexibility index (Phi) is 5.17. The highest BCUT2D eigenvalue weighted by Crippen LogP contribution is 2.36. The maximum atomic E-state index is 5.76. The summed E-state index contributed by atoms with van der Waals surface area (Å²) in [7, 11) is 7.34. The van der Waals surface area contributed by atoms with Crippen LogP contribution in [0.3, 0.4) is 0 Å². The van der Waals surface area contributed by atoms with Crippen LogP contribution in [-0.2, 0) is 0 Å². The molecule has 3 N–H and O–H groups in total. The van der Waals surface area contributed by atoms with E-state index in [2.05, 4.69) is 24.2 Å². The molecule has 0 saturated carbocycles. The highest BCUT2D eigenvalue weighted by molar-refractivity contribution is 5.43. The van der Waals surface area contributed by atoms with Crippen LogP contribution in [0.1, 0.15) is 25.5 Å². The van der Waals surface area contributed by atoms with E-state index in [0.29, 0.717) is 0 Å². The van der Waals surface area contributed by atoms with Gasteiger partial charge in [-0.2, -0.15) is 0 Å². The molecule has 1 aromatic carbocycles. The van der Waals surface area contributed by atoms with Crippen molar-refractivity contribution in [3.63, 3.8) is 0 Å². The van der Waals surface area contributed by atoms with Crippen molar-refractivity contribution in [3.8, 4) is 11.5 Å². The highest BCUT2D eigenvalue weighted by atomic mass is 16.5. The summed E-state index contributed by atoms with van der Waals surface area (Å²) in [5.74, 6) is 7.28. The van der Waals surface area contributed by atoms with E-state index in [-0.39, 0.29) is 11.6 Å². The molecule has 1 unspecified atom stereocenters. The van der Waals surface area contributed by atoms with Crippen molar-refractivity contribution in [2.45, 2.75) is 25.4 Å². The first-order valence-corrected chi connectivity index (χ1v) is 6.24. The lowest BCUT2D eigenvalue weighted by Crippen LogP contribution is -2.51. The Morgan fingerprint density at radius 3 is 2.26 bits per heavy atom. The van der Waals surface area contributed by atoms with Gasteiger partial charge in [0.05, 0.1) is 20.3 Å². The molecule has 0 heterocycles. The molecule has 19 heavy (non-hydrogen) atoms. The van der Waals surface area contributed by atoms with E-state index in [1.165, 1.54) is 0 Å². The summed E-state index contributed by atoms with van der Waals surface area (Å²) in [4.78, 5) is 2.13. The van der Waals surface area contributed by atoms with Gasteiger partial charge < -0.3 is 14.4 Å². The third-order valence-corrected chi connectivity index (χ3v) is 3.78. The lowest BCUT2D eigenvalue weighted by atomic mass is 9.87. The number of hydrazine groups is 1. The van der Waals surface area contributed by atoms with Crippen molar-refractivity contribution in [2.24, 2.45) is 5.84 Å². The smallest absolute Gasteiger partial charge is 0.127 e. The van der Waals surface area contributed by atoms with E-state index >= 15 is 0 Å². The number of ether oxygens (including phenoxy) is 2. The maximum absolute atomic E-state index is 5.76. The number of nitrogens with one attached hydrogen (secondary N) is 1. The molecule has 1 atom stereocenters. The van der Waals surface area contributed by atoms with E-state index in [0.717, 1.165) is 17.1 Å². The molecule has 0 aliphatic carbocycles. The second-order valence-electron chi connectivity index (χ2n) is 5.26. The predicted molar refractivity (Wildman–Crippen MR) is 77.4 cm³/mol. The van der Waals surface area contributed by atoms with Gasteiger partial charge in [0.1, 0.15) is 11.5 Å². The lowest BCUT2D eigenvalue weighted by molar-refractivity contribution is 0.136. The molecule has 0 aliphatic rings. The summed E-state index contributed by atoms with van der Waals surface area (Å²) in [5.41, 5.74) is 3.72. The van der Waals surface area contributed by atoms with Crippen LogP contribution >= 0.6 is 0 Å². The van der Waals surface area contributed by atoms with Crippen LogP contribution in [-0.4, -0.2) is 38.8 Å². The summed E-state index contributed by atoms with van der Waals surface area (Å²) in [5, 5.41) is 0. The van der Waals surface area contributed by atoms with E-state index in [4.69, 9.17) is 15.3 Å². The maximum Gasteiger partial charge on any atom is 0.127 e. The van der Waals surface area contributed by atoms with Gasteiger partial charge in [0.25, 0.3) is 0 Å². The van der Waals surface area contributed by atoms with Gasteiger partial charge in [-0.3, -0.25) is 11.3 Å². The van der Waals surface area contributed by atoms with Crippen molar-refractivity contribution >= 4 is 0 Å². The SMILES string of the molecule is COc1ccc(C(NN)C(C)(C)N(C)C)c(OC)c1. The fourth-order valence-electron chi connectivity index (χ4n) is 1.99. The van der Waals surface area contributed by atoms with Crippen molar-refractivity contribution in [3.05, 3.63) is 23.8 Å². The molecular weight excluding hydrogens is 242 g/mol. The minimum atomic E-state index is -0.170. The number of nitrogens with zero attached hydrogens (tertiary/aromatic N) is 1. The third kappa shape index (κ3) is 3.18. The van der Waals surface area contributed by atoms with Crippen molar-refractivity contribution in [1.82, 2.24) is 10.3 Å².